The minimum absolute atomic E-state index is 0.0677. The Morgan fingerprint density at radius 1 is 1.25 bits per heavy atom. The van der Waals surface area contributed by atoms with Crippen LogP contribution in [0.5, 0.6) is 0 Å². The van der Waals surface area contributed by atoms with Crippen molar-refractivity contribution in [1.82, 2.24) is 4.72 Å². The molecular weight excluding hydrogens is 232 g/mol. The van der Waals surface area contributed by atoms with Gasteiger partial charge in [-0.1, -0.05) is 0 Å². The first-order valence-electron chi connectivity index (χ1n) is 4.49. The molecule has 0 unspecified atom stereocenters. The SMILES string of the molecule is CNS(=O)(=O)c1cc(C)c([N+](=O)[O-])cc1C. The summed E-state index contributed by atoms with van der Waals surface area (Å²) in [7, 11) is -2.27. The second-order valence-corrected chi connectivity index (χ2v) is 5.22. The van der Waals surface area contributed by atoms with Crippen LogP contribution in [0.1, 0.15) is 11.1 Å². The Labute approximate surface area is 93.5 Å². The van der Waals surface area contributed by atoms with Gasteiger partial charge < -0.3 is 0 Å². The molecule has 1 aromatic rings. The minimum Gasteiger partial charge on any atom is -0.258 e. The fraction of sp³-hybridized carbons (Fsp3) is 0.333. The lowest BCUT2D eigenvalue weighted by Gasteiger charge is -2.07. The van der Waals surface area contributed by atoms with Crippen molar-refractivity contribution in [2.45, 2.75) is 18.7 Å². The third-order valence-corrected chi connectivity index (χ3v) is 3.80. The summed E-state index contributed by atoms with van der Waals surface area (Å²) in [5.74, 6) is 0. The average Bonchev–Trinajstić information content (AvgIpc) is 2.20. The van der Waals surface area contributed by atoms with Gasteiger partial charge in [0.1, 0.15) is 0 Å². The molecule has 0 atom stereocenters. The molecular formula is C9H12N2O4S. The molecule has 0 aliphatic rings. The summed E-state index contributed by atoms with van der Waals surface area (Å²) >= 11 is 0. The van der Waals surface area contributed by atoms with Crippen molar-refractivity contribution < 1.29 is 13.3 Å². The highest BCUT2D eigenvalue weighted by molar-refractivity contribution is 7.89. The zero-order valence-electron chi connectivity index (χ0n) is 9.14. The number of benzene rings is 1. The first kappa shape index (κ1) is 12.6. The molecule has 0 aromatic heterocycles. The van der Waals surface area contributed by atoms with Gasteiger partial charge in [0.15, 0.2) is 0 Å². The number of nitro groups is 1. The average molecular weight is 244 g/mol. The predicted octanol–water partition coefficient (Wildman–Crippen LogP) is 1.12. The molecule has 1 N–H and O–H groups in total. The molecule has 6 nitrogen and oxygen atoms in total. The number of hydrogen-bond acceptors (Lipinski definition) is 4. The van der Waals surface area contributed by atoms with E-state index >= 15 is 0 Å². The number of aryl methyl sites for hydroxylation is 2. The quantitative estimate of drug-likeness (QED) is 0.637. The Morgan fingerprint density at radius 3 is 2.25 bits per heavy atom. The number of rotatable bonds is 3. The van der Waals surface area contributed by atoms with Crippen LogP contribution in [0.15, 0.2) is 17.0 Å². The van der Waals surface area contributed by atoms with Crippen LogP contribution in [-0.4, -0.2) is 20.4 Å². The fourth-order valence-electron chi connectivity index (χ4n) is 1.37. The van der Waals surface area contributed by atoms with Crippen LogP contribution in [0.3, 0.4) is 0 Å². The van der Waals surface area contributed by atoms with E-state index in [0.29, 0.717) is 11.1 Å². The summed E-state index contributed by atoms with van der Waals surface area (Å²) in [5, 5.41) is 10.6. The first-order chi connectivity index (χ1) is 7.29. The molecule has 1 aromatic carbocycles. The van der Waals surface area contributed by atoms with Crippen molar-refractivity contribution >= 4 is 15.7 Å². The van der Waals surface area contributed by atoms with Gasteiger partial charge in [0.05, 0.1) is 9.82 Å². The van der Waals surface area contributed by atoms with E-state index in [2.05, 4.69) is 4.72 Å². The molecule has 0 aliphatic heterocycles. The number of nitrogens with one attached hydrogen (secondary N) is 1. The molecule has 7 heteroatoms. The second kappa shape index (κ2) is 4.18. The lowest BCUT2D eigenvalue weighted by molar-refractivity contribution is -0.385. The van der Waals surface area contributed by atoms with Crippen molar-refractivity contribution in [2.24, 2.45) is 0 Å². The van der Waals surface area contributed by atoms with Crippen LogP contribution in [0.25, 0.3) is 0 Å². The molecule has 0 heterocycles. The van der Waals surface area contributed by atoms with E-state index in [4.69, 9.17) is 0 Å². The maximum absolute atomic E-state index is 11.6. The number of hydrogen-bond donors (Lipinski definition) is 1. The summed E-state index contributed by atoms with van der Waals surface area (Å²) in [6.07, 6.45) is 0. The van der Waals surface area contributed by atoms with Crippen LogP contribution in [-0.2, 0) is 10.0 Å². The molecule has 0 saturated heterocycles. The molecule has 0 amide bonds. The summed E-state index contributed by atoms with van der Waals surface area (Å²) in [4.78, 5) is 10.2. The van der Waals surface area contributed by atoms with Gasteiger partial charge in [-0.2, -0.15) is 0 Å². The molecule has 1 rings (SSSR count). The highest BCUT2D eigenvalue weighted by Gasteiger charge is 2.20. The normalized spacial score (nSPS) is 11.4. The van der Waals surface area contributed by atoms with Crippen molar-refractivity contribution in [2.75, 3.05) is 7.05 Å². The van der Waals surface area contributed by atoms with E-state index in [1.807, 2.05) is 0 Å². The lowest BCUT2D eigenvalue weighted by Crippen LogP contribution is -2.19. The minimum atomic E-state index is -3.57. The van der Waals surface area contributed by atoms with Crippen LogP contribution < -0.4 is 4.72 Å². The van der Waals surface area contributed by atoms with Crippen molar-refractivity contribution in [3.63, 3.8) is 0 Å². The maximum Gasteiger partial charge on any atom is 0.272 e. The third kappa shape index (κ3) is 2.20. The van der Waals surface area contributed by atoms with Crippen molar-refractivity contribution in [3.05, 3.63) is 33.4 Å². The Hall–Kier alpha value is -1.47. The van der Waals surface area contributed by atoms with Gasteiger partial charge in [-0.15, -0.1) is 0 Å². The Balaban J connectivity index is 3.49. The van der Waals surface area contributed by atoms with Crippen LogP contribution >= 0.6 is 0 Å². The monoisotopic (exact) mass is 244 g/mol. The molecule has 0 saturated carbocycles. The maximum atomic E-state index is 11.6. The zero-order valence-corrected chi connectivity index (χ0v) is 9.96. The van der Waals surface area contributed by atoms with Gasteiger partial charge in [-0.3, -0.25) is 10.1 Å². The van der Waals surface area contributed by atoms with Crippen molar-refractivity contribution in [3.8, 4) is 0 Å². The predicted molar refractivity (Wildman–Crippen MR) is 58.8 cm³/mol. The second-order valence-electron chi connectivity index (χ2n) is 3.37. The van der Waals surface area contributed by atoms with Gasteiger partial charge in [0.25, 0.3) is 5.69 Å². The molecule has 0 radical (unpaired) electrons. The Morgan fingerprint density at radius 2 is 1.81 bits per heavy atom. The summed E-state index contributed by atoms with van der Waals surface area (Å²) in [6, 6.07) is 2.57. The molecule has 0 spiro atoms. The van der Waals surface area contributed by atoms with Crippen LogP contribution in [0.4, 0.5) is 5.69 Å². The zero-order chi connectivity index (χ0) is 12.5. The van der Waals surface area contributed by atoms with Gasteiger partial charge in [-0.25, -0.2) is 13.1 Å². The van der Waals surface area contributed by atoms with E-state index in [1.54, 1.807) is 0 Å². The molecule has 0 aliphatic carbocycles. The number of sulfonamides is 1. The van der Waals surface area contributed by atoms with Gasteiger partial charge >= 0.3 is 0 Å². The Bertz CT molecular complexity index is 537. The van der Waals surface area contributed by atoms with Crippen molar-refractivity contribution in [1.29, 1.82) is 0 Å². The van der Waals surface area contributed by atoms with E-state index in [1.165, 1.54) is 33.0 Å². The molecule has 0 fully saturated rings. The third-order valence-electron chi connectivity index (χ3n) is 2.25. The van der Waals surface area contributed by atoms with Gasteiger partial charge in [0, 0.05) is 11.6 Å². The number of nitrogens with zero attached hydrogens (tertiary/aromatic N) is 1. The highest BCUT2D eigenvalue weighted by atomic mass is 32.2. The Kier molecular flexibility index (Phi) is 3.30. The van der Waals surface area contributed by atoms with Gasteiger partial charge in [-0.05, 0) is 32.5 Å². The number of nitro benzene ring substituents is 1. The summed E-state index contributed by atoms with van der Waals surface area (Å²) in [6.45, 7) is 3.03. The smallest absolute Gasteiger partial charge is 0.258 e. The standard InChI is InChI=1S/C9H12N2O4S/c1-6-5-9(16(14,15)10-3)7(2)4-8(6)11(12)13/h4-5,10H,1-3H3. The highest BCUT2D eigenvalue weighted by Crippen LogP contribution is 2.25. The van der Waals surface area contributed by atoms with E-state index in [9.17, 15) is 18.5 Å². The lowest BCUT2D eigenvalue weighted by atomic mass is 10.1. The van der Waals surface area contributed by atoms with Crippen LogP contribution in [0, 0.1) is 24.0 Å². The first-order valence-corrected chi connectivity index (χ1v) is 5.97. The van der Waals surface area contributed by atoms with E-state index in [0.717, 1.165) is 0 Å². The van der Waals surface area contributed by atoms with Crippen LogP contribution in [0.2, 0.25) is 0 Å². The topological polar surface area (TPSA) is 89.3 Å². The molecule has 88 valence electrons. The molecule has 16 heavy (non-hydrogen) atoms. The van der Waals surface area contributed by atoms with E-state index < -0.39 is 14.9 Å². The largest absolute Gasteiger partial charge is 0.272 e. The van der Waals surface area contributed by atoms with E-state index in [-0.39, 0.29) is 10.6 Å². The fourth-order valence-corrected chi connectivity index (χ4v) is 2.41. The van der Waals surface area contributed by atoms with Gasteiger partial charge in [0.2, 0.25) is 10.0 Å². The summed E-state index contributed by atoms with van der Waals surface area (Å²) < 4.78 is 25.3. The summed E-state index contributed by atoms with van der Waals surface area (Å²) in [5.41, 5.74) is 0.601. The molecule has 0 bridgehead atoms.